The van der Waals surface area contributed by atoms with Crippen molar-refractivity contribution in [3.8, 4) is 12.3 Å². The number of terminal acetylenes is 1. The maximum Gasteiger partial charge on any atom is 0.419 e. The fourth-order valence-corrected chi connectivity index (χ4v) is 1.42. The van der Waals surface area contributed by atoms with Gasteiger partial charge >= 0.3 is 6.18 Å². The summed E-state index contributed by atoms with van der Waals surface area (Å²) in [6, 6.07) is 0.960. The Morgan fingerprint density at radius 2 is 2.00 bits per heavy atom. The van der Waals surface area contributed by atoms with Gasteiger partial charge in [0.1, 0.15) is 5.82 Å². The van der Waals surface area contributed by atoms with E-state index in [-0.39, 0.29) is 10.3 Å². The standard InChI is InChI=1S/C11H10BrF3N2/c1-4-10(2,3)17-9-8(11(13,14)15)5-7(12)6-16-9/h1,5-6H,2-3H3,(H,16,17). The summed E-state index contributed by atoms with van der Waals surface area (Å²) < 4.78 is 38.5. The Balaban J connectivity index is 3.22. The van der Waals surface area contributed by atoms with Crippen molar-refractivity contribution in [2.45, 2.75) is 25.6 Å². The van der Waals surface area contributed by atoms with Gasteiger partial charge < -0.3 is 5.32 Å². The first-order valence-electron chi connectivity index (χ1n) is 4.64. The second-order valence-corrected chi connectivity index (χ2v) is 4.86. The first-order valence-corrected chi connectivity index (χ1v) is 5.44. The van der Waals surface area contributed by atoms with Crippen molar-refractivity contribution in [1.29, 1.82) is 0 Å². The summed E-state index contributed by atoms with van der Waals surface area (Å²) in [5.41, 5.74) is -1.75. The predicted molar refractivity (Wildman–Crippen MR) is 63.5 cm³/mol. The molecule has 0 amide bonds. The average molecular weight is 307 g/mol. The molecule has 0 aliphatic heterocycles. The van der Waals surface area contributed by atoms with Gasteiger partial charge in [0.05, 0.1) is 11.1 Å². The minimum absolute atomic E-state index is 0.258. The molecule has 0 saturated heterocycles. The van der Waals surface area contributed by atoms with Gasteiger partial charge in [-0.05, 0) is 35.8 Å². The quantitative estimate of drug-likeness (QED) is 0.843. The highest BCUT2D eigenvalue weighted by Crippen LogP contribution is 2.36. The van der Waals surface area contributed by atoms with E-state index in [1.54, 1.807) is 13.8 Å². The Morgan fingerprint density at radius 3 is 2.47 bits per heavy atom. The second-order valence-electron chi connectivity index (χ2n) is 3.94. The van der Waals surface area contributed by atoms with Crippen LogP contribution < -0.4 is 5.32 Å². The first-order chi connectivity index (χ1) is 7.65. The number of hydrogen-bond acceptors (Lipinski definition) is 2. The van der Waals surface area contributed by atoms with Crippen molar-refractivity contribution in [2.75, 3.05) is 5.32 Å². The topological polar surface area (TPSA) is 24.9 Å². The summed E-state index contributed by atoms with van der Waals surface area (Å²) in [6.45, 7) is 3.19. The van der Waals surface area contributed by atoms with Crippen LogP contribution in [-0.4, -0.2) is 10.5 Å². The van der Waals surface area contributed by atoms with E-state index >= 15 is 0 Å². The minimum Gasteiger partial charge on any atom is -0.354 e. The molecule has 0 spiro atoms. The van der Waals surface area contributed by atoms with E-state index in [1.807, 2.05) is 0 Å². The molecule has 1 aromatic heterocycles. The highest BCUT2D eigenvalue weighted by atomic mass is 79.9. The molecule has 2 nitrogen and oxygen atoms in total. The molecular formula is C11H10BrF3N2. The number of nitrogens with zero attached hydrogens (tertiary/aromatic N) is 1. The maximum absolute atomic E-state index is 12.8. The van der Waals surface area contributed by atoms with Crippen molar-refractivity contribution in [3.63, 3.8) is 0 Å². The normalized spacial score (nSPS) is 12.1. The van der Waals surface area contributed by atoms with E-state index in [9.17, 15) is 13.2 Å². The SMILES string of the molecule is C#CC(C)(C)Nc1ncc(Br)cc1C(F)(F)F. The second kappa shape index (κ2) is 4.57. The van der Waals surface area contributed by atoms with Crippen LogP contribution in [0.15, 0.2) is 16.7 Å². The number of hydrogen-bond donors (Lipinski definition) is 1. The monoisotopic (exact) mass is 306 g/mol. The molecule has 0 saturated carbocycles. The molecule has 0 aliphatic carbocycles. The van der Waals surface area contributed by atoms with Crippen molar-refractivity contribution >= 4 is 21.7 Å². The molecule has 17 heavy (non-hydrogen) atoms. The van der Waals surface area contributed by atoms with Gasteiger partial charge in [-0.15, -0.1) is 6.42 Å². The molecule has 92 valence electrons. The molecule has 0 bridgehead atoms. The van der Waals surface area contributed by atoms with Gasteiger partial charge in [0.2, 0.25) is 0 Å². The summed E-state index contributed by atoms with van der Waals surface area (Å²) in [5.74, 6) is 2.08. The molecule has 1 N–H and O–H groups in total. The number of nitrogens with one attached hydrogen (secondary N) is 1. The first kappa shape index (κ1) is 13.8. The molecule has 0 unspecified atom stereocenters. The molecule has 0 fully saturated rings. The van der Waals surface area contributed by atoms with Crippen molar-refractivity contribution in [3.05, 3.63) is 22.3 Å². The van der Waals surface area contributed by atoms with Crippen LogP contribution >= 0.6 is 15.9 Å². The third-order valence-corrected chi connectivity index (χ3v) is 2.39. The predicted octanol–water partition coefficient (Wildman–Crippen LogP) is 3.69. The Bertz CT molecular complexity index is 461. The van der Waals surface area contributed by atoms with Gasteiger partial charge in [-0.25, -0.2) is 4.98 Å². The van der Waals surface area contributed by atoms with E-state index in [0.717, 1.165) is 6.07 Å². The summed E-state index contributed by atoms with van der Waals surface area (Å²) in [6.07, 6.45) is 2.01. The van der Waals surface area contributed by atoms with Crippen LogP contribution in [0.2, 0.25) is 0 Å². The van der Waals surface area contributed by atoms with E-state index in [0.29, 0.717) is 0 Å². The van der Waals surface area contributed by atoms with Crippen molar-refractivity contribution in [1.82, 2.24) is 4.98 Å². The Morgan fingerprint density at radius 1 is 1.41 bits per heavy atom. The molecule has 0 atom stereocenters. The van der Waals surface area contributed by atoms with Gasteiger partial charge in [0, 0.05) is 10.7 Å². The van der Waals surface area contributed by atoms with E-state index in [2.05, 4.69) is 32.2 Å². The van der Waals surface area contributed by atoms with Gasteiger partial charge in [-0.1, -0.05) is 5.92 Å². The molecule has 1 aromatic rings. The number of halogens is 4. The van der Waals surface area contributed by atoms with Gasteiger partial charge in [-0.2, -0.15) is 13.2 Å². The van der Waals surface area contributed by atoms with Crippen LogP contribution in [0.1, 0.15) is 19.4 Å². The Hall–Kier alpha value is -1.22. The molecule has 1 rings (SSSR count). The molecule has 1 heterocycles. The zero-order chi connectivity index (χ0) is 13.3. The van der Waals surface area contributed by atoms with Crippen LogP contribution in [0.4, 0.5) is 19.0 Å². The summed E-state index contributed by atoms with van der Waals surface area (Å²) in [7, 11) is 0. The van der Waals surface area contributed by atoms with Gasteiger partial charge in [0.25, 0.3) is 0 Å². The fourth-order valence-electron chi connectivity index (χ4n) is 1.09. The highest BCUT2D eigenvalue weighted by Gasteiger charge is 2.35. The van der Waals surface area contributed by atoms with Crippen LogP contribution in [0, 0.1) is 12.3 Å². The minimum atomic E-state index is -4.48. The van der Waals surface area contributed by atoms with Crippen LogP contribution in [-0.2, 0) is 6.18 Å². The average Bonchev–Trinajstić information content (AvgIpc) is 2.19. The van der Waals surface area contributed by atoms with E-state index in [4.69, 9.17) is 6.42 Å². The number of rotatable bonds is 2. The largest absolute Gasteiger partial charge is 0.419 e. The number of alkyl halides is 3. The lowest BCUT2D eigenvalue weighted by Gasteiger charge is -2.23. The van der Waals surface area contributed by atoms with Crippen LogP contribution in [0.5, 0.6) is 0 Å². The number of anilines is 1. The van der Waals surface area contributed by atoms with Crippen LogP contribution in [0.25, 0.3) is 0 Å². The van der Waals surface area contributed by atoms with E-state index in [1.165, 1.54) is 6.20 Å². The Kier molecular flexibility index (Phi) is 3.72. The van der Waals surface area contributed by atoms with E-state index < -0.39 is 17.3 Å². The third kappa shape index (κ3) is 3.63. The molecule has 6 heteroatoms. The fraction of sp³-hybridized carbons (Fsp3) is 0.364. The smallest absolute Gasteiger partial charge is 0.354 e. The highest BCUT2D eigenvalue weighted by molar-refractivity contribution is 9.10. The third-order valence-electron chi connectivity index (χ3n) is 1.95. The molecule has 0 aromatic carbocycles. The summed E-state index contributed by atoms with van der Waals surface area (Å²) in [4.78, 5) is 3.70. The van der Waals surface area contributed by atoms with Gasteiger partial charge in [-0.3, -0.25) is 0 Å². The maximum atomic E-state index is 12.8. The lowest BCUT2D eigenvalue weighted by molar-refractivity contribution is -0.137. The molecule has 0 aliphatic rings. The lowest BCUT2D eigenvalue weighted by atomic mass is 10.1. The Labute approximate surface area is 106 Å². The van der Waals surface area contributed by atoms with Crippen LogP contribution in [0.3, 0.4) is 0 Å². The molecule has 0 radical (unpaired) electrons. The van der Waals surface area contributed by atoms with Crippen molar-refractivity contribution in [2.24, 2.45) is 0 Å². The zero-order valence-corrected chi connectivity index (χ0v) is 10.8. The summed E-state index contributed by atoms with van der Waals surface area (Å²) >= 11 is 2.95. The lowest BCUT2D eigenvalue weighted by Crippen LogP contribution is -2.30. The number of aromatic nitrogens is 1. The summed E-state index contributed by atoms with van der Waals surface area (Å²) in [5, 5.41) is 2.58. The van der Waals surface area contributed by atoms with Crippen molar-refractivity contribution < 1.29 is 13.2 Å². The zero-order valence-electron chi connectivity index (χ0n) is 9.19. The molecular weight excluding hydrogens is 297 g/mol. The number of pyridine rings is 1. The van der Waals surface area contributed by atoms with Gasteiger partial charge in [0.15, 0.2) is 0 Å².